The number of carbonyl (C=O) groups is 1. The number of hydrogen-bond donors (Lipinski definition) is 3. The van der Waals surface area contributed by atoms with Crippen LogP contribution in [-0.2, 0) is 0 Å². The van der Waals surface area contributed by atoms with Gasteiger partial charge < -0.3 is 21.1 Å². The first-order valence-electron chi connectivity index (χ1n) is 12.6. The van der Waals surface area contributed by atoms with Crippen molar-refractivity contribution < 1.29 is 9.53 Å². The van der Waals surface area contributed by atoms with Crippen LogP contribution in [0.1, 0.15) is 35.7 Å². The summed E-state index contributed by atoms with van der Waals surface area (Å²) in [4.78, 5) is 15.2. The summed E-state index contributed by atoms with van der Waals surface area (Å²) in [7, 11) is 0. The Labute approximate surface area is 205 Å². The molecule has 0 saturated carbocycles. The first kappa shape index (κ1) is 22.1. The van der Waals surface area contributed by atoms with E-state index in [1.54, 1.807) is 0 Å². The van der Waals surface area contributed by atoms with Crippen LogP contribution in [0.15, 0.2) is 54.6 Å². The molecule has 3 aliphatic heterocycles. The molecule has 8 nitrogen and oxygen atoms in total. The third-order valence-electron chi connectivity index (χ3n) is 7.70. The molecular formula is C27H32N6O2. The van der Waals surface area contributed by atoms with E-state index < -0.39 is 5.91 Å². The zero-order valence-corrected chi connectivity index (χ0v) is 19.8. The zero-order valence-electron chi connectivity index (χ0n) is 19.8. The van der Waals surface area contributed by atoms with E-state index in [1.807, 2.05) is 54.6 Å². The minimum Gasteiger partial charge on any atom is -0.457 e. The van der Waals surface area contributed by atoms with E-state index in [-0.39, 0.29) is 6.04 Å². The quantitative estimate of drug-likeness (QED) is 0.508. The number of para-hydroxylation sites is 1. The fraction of sp³-hybridized carbons (Fsp3) is 0.407. The van der Waals surface area contributed by atoms with Crippen molar-refractivity contribution >= 4 is 11.7 Å². The van der Waals surface area contributed by atoms with E-state index in [2.05, 4.69) is 20.2 Å². The lowest BCUT2D eigenvalue weighted by molar-refractivity contribution is 0.0788. The number of fused-ring (bicyclic) bond motifs is 1. The van der Waals surface area contributed by atoms with Crippen LogP contribution in [0.3, 0.4) is 0 Å². The van der Waals surface area contributed by atoms with Crippen LogP contribution >= 0.6 is 0 Å². The second kappa shape index (κ2) is 9.36. The lowest BCUT2D eigenvalue weighted by Crippen LogP contribution is -2.59. The smallest absolute Gasteiger partial charge is 0.254 e. The van der Waals surface area contributed by atoms with Crippen molar-refractivity contribution in [2.45, 2.75) is 31.3 Å². The molecule has 0 radical (unpaired) electrons. The maximum absolute atomic E-state index is 12.6. The first-order valence-corrected chi connectivity index (χ1v) is 12.6. The largest absolute Gasteiger partial charge is 0.457 e. The van der Waals surface area contributed by atoms with Gasteiger partial charge in [0.25, 0.3) is 5.91 Å². The molecule has 0 bridgehead atoms. The van der Waals surface area contributed by atoms with Gasteiger partial charge in [0.2, 0.25) is 0 Å². The van der Waals surface area contributed by atoms with Crippen LogP contribution in [0.5, 0.6) is 11.5 Å². The lowest BCUT2D eigenvalue weighted by atomic mass is 9.86. The Balaban J connectivity index is 1.25. The summed E-state index contributed by atoms with van der Waals surface area (Å²) in [5.74, 6) is 2.37. The summed E-state index contributed by atoms with van der Waals surface area (Å²) >= 11 is 0. The Morgan fingerprint density at radius 2 is 1.69 bits per heavy atom. The summed E-state index contributed by atoms with van der Waals surface area (Å²) < 4.78 is 7.98. The molecule has 2 saturated heterocycles. The molecule has 0 aliphatic carbocycles. The molecule has 3 aliphatic rings. The van der Waals surface area contributed by atoms with Crippen molar-refractivity contribution in [3.05, 3.63) is 60.2 Å². The number of amides is 1. The van der Waals surface area contributed by atoms with E-state index in [0.717, 1.165) is 74.9 Å². The predicted molar refractivity (Wildman–Crippen MR) is 136 cm³/mol. The Morgan fingerprint density at radius 1 is 0.971 bits per heavy atom. The van der Waals surface area contributed by atoms with E-state index in [1.165, 1.54) is 0 Å². The summed E-state index contributed by atoms with van der Waals surface area (Å²) in [5.41, 5.74) is 7.85. The van der Waals surface area contributed by atoms with Crippen LogP contribution in [0, 0.1) is 5.92 Å². The summed E-state index contributed by atoms with van der Waals surface area (Å²) in [6, 6.07) is 18.3. The normalized spacial score (nSPS) is 21.1. The van der Waals surface area contributed by atoms with Crippen LogP contribution in [0.4, 0.5) is 5.82 Å². The number of nitrogens with zero attached hydrogens (tertiary/aromatic N) is 3. The molecule has 182 valence electrons. The van der Waals surface area contributed by atoms with Gasteiger partial charge in [-0.2, -0.15) is 5.10 Å². The molecule has 4 N–H and O–H groups in total. The number of aromatic nitrogens is 2. The topological polar surface area (TPSA) is 97.4 Å². The summed E-state index contributed by atoms with van der Waals surface area (Å²) in [6.45, 7) is 5.32. The molecular weight excluding hydrogens is 440 g/mol. The fourth-order valence-corrected chi connectivity index (χ4v) is 5.68. The Bertz CT molecular complexity index is 1180. The number of nitrogens with two attached hydrogens (primary N) is 1. The highest BCUT2D eigenvalue weighted by atomic mass is 16.5. The number of anilines is 1. The number of carbonyl (C=O) groups excluding carboxylic acids is 1. The van der Waals surface area contributed by atoms with Gasteiger partial charge in [-0.15, -0.1) is 0 Å². The van der Waals surface area contributed by atoms with Crippen LogP contribution in [-0.4, -0.2) is 59.4 Å². The predicted octanol–water partition coefficient (Wildman–Crippen LogP) is 3.48. The van der Waals surface area contributed by atoms with Crippen molar-refractivity contribution in [2.24, 2.45) is 11.7 Å². The number of likely N-dealkylation sites (tertiary alicyclic amines) is 1. The molecule has 1 atom stereocenters. The van der Waals surface area contributed by atoms with Crippen LogP contribution in [0.2, 0.25) is 0 Å². The maximum atomic E-state index is 12.6. The summed E-state index contributed by atoms with van der Waals surface area (Å²) in [6.07, 6.45) is 3.33. The molecule has 6 rings (SSSR count). The van der Waals surface area contributed by atoms with Crippen molar-refractivity contribution in [2.75, 3.05) is 38.0 Å². The second-order valence-electron chi connectivity index (χ2n) is 9.79. The second-order valence-corrected chi connectivity index (χ2v) is 9.79. The standard InChI is InChI=1S/C27H32N6O2/c28-26(34)24-25(19-6-8-22(9-7-19)35-21-4-2-1-3-5-21)31-33-23(10-13-30-27(24)33)18-11-14-32(15-12-18)20-16-29-17-20/h1-9,18,20,23,29-30H,10-17H2,(H2,28,34). The van der Waals surface area contributed by atoms with E-state index in [4.69, 9.17) is 15.6 Å². The third-order valence-corrected chi connectivity index (χ3v) is 7.70. The first-order chi connectivity index (χ1) is 17.2. The molecule has 2 aromatic carbocycles. The van der Waals surface area contributed by atoms with E-state index in [9.17, 15) is 4.79 Å². The highest BCUT2D eigenvalue weighted by molar-refractivity contribution is 6.03. The van der Waals surface area contributed by atoms with Crippen molar-refractivity contribution in [3.8, 4) is 22.8 Å². The Kier molecular flexibility index (Phi) is 5.91. The maximum Gasteiger partial charge on any atom is 0.254 e. The molecule has 4 heterocycles. The van der Waals surface area contributed by atoms with Gasteiger partial charge in [-0.3, -0.25) is 9.69 Å². The third kappa shape index (κ3) is 4.28. The van der Waals surface area contributed by atoms with Crippen molar-refractivity contribution in [3.63, 3.8) is 0 Å². The monoisotopic (exact) mass is 472 g/mol. The van der Waals surface area contributed by atoms with Gasteiger partial charge in [0, 0.05) is 31.2 Å². The number of ether oxygens (including phenoxy) is 1. The number of hydrogen-bond acceptors (Lipinski definition) is 6. The van der Waals surface area contributed by atoms with Crippen LogP contribution < -0.4 is 21.1 Å². The van der Waals surface area contributed by atoms with Crippen molar-refractivity contribution in [1.82, 2.24) is 20.0 Å². The number of rotatable bonds is 6. The van der Waals surface area contributed by atoms with Gasteiger partial charge in [-0.25, -0.2) is 4.68 Å². The lowest BCUT2D eigenvalue weighted by Gasteiger charge is -2.44. The highest BCUT2D eigenvalue weighted by Crippen LogP contribution is 2.40. The SMILES string of the molecule is NC(=O)c1c(-c2ccc(Oc3ccccc3)cc2)nn2c1NCCC2C1CCN(C2CNC2)CC1. The van der Waals surface area contributed by atoms with E-state index >= 15 is 0 Å². The number of nitrogens with one attached hydrogen (secondary N) is 2. The van der Waals surface area contributed by atoms with Gasteiger partial charge in [0.1, 0.15) is 28.6 Å². The minimum absolute atomic E-state index is 0.278. The number of piperidine rings is 1. The molecule has 0 spiro atoms. The minimum atomic E-state index is -0.452. The fourth-order valence-electron chi connectivity index (χ4n) is 5.68. The molecule has 35 heavy (non-hydrogen) atoms. The zero-order chi connectivity index (χ0) is 23.8. The number of primary amides is 1. The van der Waals surface area contributed by atoms with Gasteiger partial charge in [0.05, 0.1) is 6.04 Å². The molecule has 1 unspecified atom stereocenters. The van der Waals surface area contributed by atoms with Gasteiger partial charge in [-0.1, -0.05) is 18.2 Å². The molecule has 2 fully saturated rings. The van der Waals surface area contributed by atoms with Crippen LogP contribution in [0.25, 0.3) is 11.3 Å². The number of benzene rings is 2. The Morgan fingerprint density at radius 3 is 2.34 bits per heavy atom. The Hall–Kier alpha value is -3.36. The van der Waals surface area contributed by atoms with Gasteiger partial charge >= 0.3 is 0 Å². The van der Waals surface area contributed by atoms with Gasteiger partial charge in [0.15, 0.2) is 0 Å². The van der Waals surface area contributed by atoms with Crippen molar-refractivity contribution in [1.29, 1.82) is 0 Å². The molecule has 1 amide bonds. The average Bonchev–Trinajstić information content (AvgIpc) is 3.25. The molecule has 1 aromatic heterocycles. The van der Waals surface area contributed by atoms with Gasteiger partial charge in [-0.05, 0) is 74.7 Å². The average molecular weight is 473 g/mol. The highest BCUT2D eigenvalue weighted by Gasteiger charge is 2.36. The molecule has 8 heteroatoms. The summed E-state index contributed by atoms with van der Waals surface area (Å²) in [5, 5.41) is 11.8. The van der Waals surface area contributed by atoms with E-state index in [0.29, 0.717) is 23.2 Å². The molecule has 3 aromatic rings.